The molecule has 3 N–H and O–H groups in total. The second-order valence-corrected chi connectivity index (χ2v) is 7.76. The monoisotopic (exact) mass is 322 g/mol. The number of hydrogen-bond acceptors (Lipinski definition) is 4. The van der Waals surface area contributed by atoms with Gasteiger partial charge in [0, 0.05) is 18.4 Å². The maximum atomic E-state index is 11.8. The first-order chi connectivity index (χ1) is 10.9. The average molecular weight is 322 g/mol. The lowest BCUT2D eigenvalue weighted by atomic mass is 9.67. The number of fused-ring (bicyclic) bond motifs is 1. The molecule has 0 unspecified atom stereocenters. The van der Waals surface area contributed by atoms with E-state index in [2.05, 4.69) is 23.6 Å². The Labute approximate surface area is 138 Å². The maximum Gasteiger partial charge on any atom is 0.217 e. The number of nitrogens with one attached hydrogen (secondary N) is 2. The van der Waals surface area contributed by atoms with E-state index >= 15 is 0 Å². The standard InChI is InChI=1S/C18H30N2O3/c1-11-4-5-14-17(16(11)22)23-15(13-6-8-19-9-7-13)10-18(14,3)20-12(2)21/h4,13-17,19,22H,5-10H2,1-3H3,(H,20,21)/t14-,15+,16-,17-,18+/m1/s1. The molecule has 2 aliphatic heterocycles. The highest BCUT2D eigenvalue weighted by Crippen LogP contribution is 2.44. The third-order valence-corrected chi connectivity index (χ3v) is 6.01. The summed E-state index contributed by atoms with van der Waals surface area (Å²) in [6.07, 6.45) is 5.31. The van der Waals surface area contributed by atoms with Crippen LogP contribution < -0.4 is 10.6 Å². The van der Waals surface area contributed by atoms with Gasteiger partial charge in [-0.25, -0.2) is 0 Å². The molecule has 2 heterocycles. The number of aliphatic hydroxyl groups excluding tert-OH is 1. The smallest absolute Gasteiger partial charge is 0.217 e. The predicted octanol–water partition coefficient (Wildman–Crippen LogP) is 1.37. The van der Waals surface area contributed by atoms with E-state index in [9.17, 15) is 9.90 Å². The van der Waals surface area contributed by atoms with E-state index in [-0.39, 0.29) is 29.6 Å². The van der Waals surface area contributed by atoms with E-state index in [0.717, 1.165) is 44.3 Å². The highest BCUT2D eigenvalue weighted by atomic mass is 16.5. The van der Waals surface area contributed by atoms with Crippen LogP contribution in [0.25, 0.3) is 0 Å². The van der Waals surface area contributed by atoms with E-state index < -0.39 is 6.10 Å². The Morgan fingerprint density at radius 1 is 1.43 bits per heavy atom. The number of rotatable bonds is 2. The molecule has 1 amide bonds. The Morgan fingerprint density at radius 2 is 2.13 bits per heavy atom. The van der Waals surface area contributed by atoms with Crippen molar-refractivity contribution < 1.29 is 14.6 Å². The van der Waals surface area contributed by atoms with Crippen molar-refractivity contribution in [3.05, 3.63) is 11.6 Å². The number of carbonyl (C=O) groups excluding carboxylic acids is 1. The van der Waals surface area contributed by atoms with Crippen LogP contribution in [0.1, 0.15) is 46.5 Å². The maximum absolute atomic E-state index is 11.8. The highest BCUT2D eigenvalue weighted by molar-refractivity contribution is 5.73. The summed E-state index contributed by atoms with van der Waals surface area (Å²) in [6.45, 7) is 7.72. The van der Waals surface area contributed by atoms with Gasteiger partial charge in [-0.2, -0.15) is 0 Å². The van der Waals surface area contributed by atoms with Crippen LogP contribution in [-0.4, -0.2) is 48.0 Å². The fourth-order valence-corrected chi connectivity index (χ4v) is 4.70. The third kappa shape index (κ3) is 3.32. The van der Waals surface area contributed by atoms with Crippen LogP contribution in [0.4, 0.5) is 0 Å². The number of ether oxygens (including phenoxy) is 1. The SMILES string of the molecule is CC(=O)N[C@@]1(C)C[C@@H](C2CCNCC2)O[C@H]2[C@H](O)C(C)=CC[C@H]21. The van der Waals surface area contributed by atoms with Gasteiger partial charge in [0.25, 0.3) is 0 Å². The minimum atomic E-state index is -0.564. The first-order valence-electron chi connectivity index (χ1n) is 8.90. The molecule has 130 valence electrons. The first kappa shape index (κ1) is 16.9. The summed E-state index contributed by atoms with van der Waals surface area (Å²) in [6, 6.07) is 0. The highest BCUT2D eigenvalue weighted by Gasteiger charge is 2.51. The molecular formula is C18H30N2O3. The molecule has 0 bridgehead atoms. The summed E-state index contributed by atoms with van der Waals surface area (Å²) < 4.78 is 6.42. The summed E-state index contributed by atoms with van der Waals surface area (Å²) in [5, 5.41) is 17.2. The fourth-order valence-electron chi connectivity index (χ4n) is 4.70. The number of aliphatic hydroxyl groups is 1. The number of amides is 1. The zero-order valence-electron chi connectivity index (χ0n) is 14.5. The van der Waals surface area contributed by atoms with Gasteiger partial charge in [-0.05, 0) is 64.1 Å². The molecule has 2 saturated heterocycles. The average Bonchev–Trinajstić information content (AvgIpc) is 2.51. The van der Waals surface area contributed by atoms with Crippen molar-refractivity contribution in [1.82, 2.24) is 10.6 Å². The molecule has 3 aliphatic rings. The number of carbonyl (C=O) groups is 1. The quantitative estimate of drug-likeness (QED) is 0.672. The topological polar surface area (TPSA) is 70.6 Å². The molecule has 0 aromatic rings. The summed E-state index contributed by atoms with van der Waals surface area (Å²) in [5.41, 5.74) is 0.671. The Bertz CT molecular complexity index is 487. The van der Waals surface area contributed by atoms with Crippen LogP contribution in [0.15, 0.2) is 11.6 Å². The number of hydrogen-bond donors (Lipinski definition) is 3. The summed E-state index contributed by atoms with van der Waals surface area (Å²) in [5.74, 6) is 0.629. The molecule has 1 aliphatic carbocycles. The zero-order valence-corrected chi connectivity index (χ0v) is 14.5. The summed E-state index contributed by atoms with van der Waals surface area (Å²) >= 11 is 0. The summed E-state index contributed by atoms with van der Waals surface area (Å²) in [7, 11) is 0. The predicted molar refractivity (Wildman–Crippen MR) is 89.0 cm³/mol. The van der Waals surface area contributed by atoms with Gasteiger partial charge in [0.1, 0.15) is 6.10 Å². The van der Waals surface area contributed by atoms with E-state index in [1.54, 1.807) is 6.92 Å². The number of piperidine rings is 1. The zero-order chi connectivity index (χ0) is 16.6. The molecule has 0 spiro atoms. The minimum Gasteiger partial charge on any atom is -0.386 e. The van der Waals surface area contributed by atoms with Crippen LogP contribution >= 0.6 is 0 Å². The van der Waals surface area contributed by atoms with E-state index in [1.807, 2.05) is 6.92 Å². The van der Waals surface area contributed by atoms with Gasteiger partial charge in [0.2, 0.25) is 5.91 Å². The normalized spacial score (nSPS) is 41.8. The van der Waals surface area contributed by atoms with Crippen molar-refractivity contribution in [3.8, 4) is 0 Å². The lowest BCUT2D eigenvalue weighted by Gasteiger charge is -2.53. The van der Waals surface area contributed by atoms with Crippen LogP contribution in [0, 0.1) is 11.8 Å². The van der Waals surface area contributed by atoms with Crippen LogP contribution in [0.3, 0.4) is 0 Å². The van der Waals surface area contributed by atoms with Crippen LogP contribution in [0.2, 0.25) is 0 Å². The van der Waals surface area contributed by atoms with Gasteiger partial charge in [-0.15, -0.1) is 0 Å². The molecule has 0 saturated carbocycles. The van der Waals surface area contributed by atoms with Gasteiger partial charge in [-0.1, -0.05) is 6.08 Å². The molecule has 3 rings (SSSR count). The fraction of sp³-hybridized carbons (Fsp3) is 0.833. The van der Waals surface area contributed by atoms with Gasteiger partial charge < -0.3 is 20.5 Å². The van der Waals surface area contributed by atoms with E-state index in [4.69, 9.17) is 4.74 Å². The Balaban J connectivity index is 1.86. The minimum absolute atomic E-state index is 0.00187. The lowest BCUT2D eigenvalue weighted by Crippen LogP contribution is -2.64. The van der Waals surface area contributed by atoms with Crippen LogP contribution in [-0.2, 0) is 9.53 Å². The summed E-state index contributed by atoms with van der Waals surface area (Å²) in [4.78, 5) is 11.8. The van der Waals surface area contributed by atoms with Crippen molar-refractivity contribution in [3.63, 3.8) is 0 Å². The lowest BCUT2D eigenvalue weighted by molar-refractivity contribution is -0.179. The van der Waals surface area contributed by atoms with E-state index in [1.165, 1.54) is 0 Å². The van der Waals surface area contributed by atoms with Crippen molar-refractivity contribution in [2.24, 2.45) is 11.8 Å². The third-order valence-electron chi connectivity index (χ3n) is 6.01. The Morgan fingerprint density at radius 3 is 2.78 bits per heavy atom. The van der Waals surface area contributed by atoms with Gasteiger partial charge in [0.05, 0.1) is 12.2 Å². The Kier molecular flexibility index (Phi) is 4.81. The molecule has 5 heteroatoms. The second kappa shape index (κ2) is 6.54. The molecule has 5 atom stereocenters. The molecule has 0 aromatic heterocycles. The van der Waals surface area contributed by atoms with Crippen molar-refractivity contribution in [2.45, 2.75) is 70.3 Å². The Hall–Kier alpha value is -0.910. The first-order valence-corrected chi connectivity index (χ1v) is 8.90. The molecule has 0 aromatic carbocycles. The molecular weight excluding hydrogens is 292 g/mol. The van der Waals surface area contributed by atoms with E-state index in [0.29, 0.717) is 5.92 Å². The molecule has 2 fully saturated rings. The van der Waals surface area contributed by atoms with Gasteiger partial charge in [0.15, 0.2) is 0 Å². The second-order valence-electron chi connectivity index (χ2n) is 7.76. The molecule has 23 heavy (non-hydrogen) atoms. The van der Waals surface area contributed by atoms with Crippen molar-refractivity contribution in [2.75, 3.05) is 13.1 Å². The molecule has 5 nitrogen and oxygen atoms in total. The largest absolute Gasteiger partial charge is 0.386 e. The van der Waals surface area contributed by atoms with Gasteiger partial charge >= 0.3 is 0 Å². The molecule has 0 radical (unpaired) electrons. The number of allylic oxidation sites excluding steroid dienone is 1. The van der Waals surface area contributed by atoms with Crippen molar-refractivity contribution in [1.29, 1.82) is 0 Å². The van der Waals surface area contributed by atoms with Crippen LogP contribution in [0.5, 0.6) is 0 Å². The van der Waals surface area contributed by atoms with Crippen molar-refractivity contribution >= 4 is 5.91 Å². The van der Waals surface area contributed by atoms with Gasteiger partial charge in [-0.3, -0.25) is 4.79 Å².